The Morgan fingerprint density at radius 1 is 1.37 bits per heavy atom. The minimum atomic E-state index is -0.538. The van der Waals surface area contributed by atoms with E-state index in [1.165, 1.54) is 18.2 Å². The van der Waals surface area contributed by atoms with Crippen molar-refractivity contribution in [3.63, 3.8) is 0 Å². The molecule has 142 valence electrons. The molecular formula is C19H19ClN2O5. The molecule has 0 atom stereocenters. The number of ether oxygens (including phenoxy) is 2. The van der Waals surface area contributed by atoms with Crippen LogP contribution in [0.1, 0.15) is 30.9 Å². The van der Waals surface area contributed by atoms with Crippen LogP contribution in [0, 0.1) is 17.0 Å². The number of aryl methyl sites for hydroxylation is 1. The molecule has 0 aliphatic carbocycles. The lowest BCUT2D eigenvalue weighted by atomic mass is 10.1. The number of nitrogens with zero attached hydrogens (tertiary/aromatic N) is 2. The minimum absolute atomic E-state index is 0.128. The van der Waals surface area contributed by atoms with Gasteiger partial charge in [0, 0.05) is 18.2 Å². The molecule has 1 aromatic heterocycles. The smallest absolute Gasteiger partial charge is 0.330 e. The van der Waals surface area contributed by atoms with Gasteiger partial charge in [-0.2, -0.15) is 0 Å². The number of pyridine rings is 1. The zero-order valence-corrected chi connectivity index (χ0v) is 15.7. The quantitative estimate of drug-likeness (QED) is 0.205. The van der Waals surface area contributed by atoms with Crippen molar-refractivity contribution in [1.29, 1.82) is 0 Å². The molecule has 0 aliphatic heterocycles. The van der Waals surface area contributed by atoms with Gasteiger partial charge in [0.1, 0.15) is 6.20 Å². The fourth-order valence-electron chi connectivity index (χ4n) is 2.16. The molecule has 1 heterocycles. The molecule has 0 aliphatic rings. The van der Waals surface area contributed by atoms with E-state index < -0.39 is 10.9 Å². The first-order valence-corrected chi connectivity index (χ1v) is 8.71. The van der Waals surface area contributed by atoms with Gasteiger partial charge in [0.05, 0.1) is 16.6 Å². The number of nitro groups is 1. The van der Waals surface area contributed by atoms with Crippen molar-refractivity contribution in [1.82, 2.24) is 4.98 Å². The van der Waals surface area contributed by atoms with E-state index in [1.54, 1.807) is 25.1 Å². The fraction of sp³-hybridized carbons (Fsp3) is 0.263. The maximum atomic E-state index is 11.6. The molecular weight excluding hydrogens is 372 g/mol. The predicted molar refractivity (Wildman–Crippen MR) is 102 cm³/mol. The van der Waals surface area contributed by atoms with Crippen molar-refractivity contribution in [3.8, 4) is 11.6 Å². The summed E-state index contributed by atoms with van der Waals surface area (Å²) >= 11 is 6.27. The predicted octanol–water partition coefficient (Wildman–Crippen LogP) is 5.10. The standard InChI is InChI=1S/C19H19ClN2O5/c1-3-4-9-26-18(23)8-5-14-10-13(2)19(16(20)11-14)27-17-7-6-15(12-21-17)22(24)25/h5-8,10-12H,3-4,9H2,1-2H3. The lowest BCUT2D eigenvalue weighted by molar-refractivity contribution is -0.385. The molecule has 2 rings (SSSR count). The Morgan fingerprint density at radius 3 is 2.74 bits per heavy atom. The highest BCUT2D eigenvalue weighted by atomic mass is 35.5. The molecule has 8 heteroatoms. The Balaban J connectivity index is 2.09. The number of halogens is 1. The zero-order chi connectivity index (χ0) is 19.8. The molecule has 0 N–H and O–H groups in total. The summed E-state index contributed by atoms with van der Waals surface area (Å²) in [7, 11) is 0. The van der Waals surface area contributed by atoms with Gasteiger partial charge in [-0.05, 0) is 42.7 Å². The third kappa shape index (κ3) is 6.07. The van der Waals surface area contributed by atoms with Crippen LogP contribution in [0.2, 0.25) is 5.02 Å². The second kappa shape index (κ2) is 9.68. The Kier molecular flexibility index (Phi) is 7.31. The summed E-state index contributed by atoms with van der Waals surface area (Å²) in [5, 5.41) is 11.0. The van der Waals surface area contributed by atoms with Crippen molar-refractivity contribution < 1.29 is 19.2 Å². The summed E-state index contributed by atoms with van der Waals surface area (Å²) in [4.78, 5) is 25.6. The van der Waals surface area contributed by atoms with Gasteiger partial charge in [-0.25, -0.2) is 9.78 Å². The molecule has 0 fully saturated rings. The Labute approximate surface area is 161 Å². The second-order valence-electron chi connectivity index (χ2n) is 5.72. The zero-order valence-electron chi connectivity index (χ0n) is 15.0. The molecule has 0 saturated heterocycles. The van der Waals surface area contributed by atoms with E-state index in [4.69, 9.17) is 21.1 Å². The number of carbonyl (C=O) groups is 1. The van der Waals surface area contributed by atoms with Gasteiger partial charge in [-0.15, -0.1) is 0 Å². The summed E-state index contributed by atoms with van der Waals surface area (Å²) in [5.74, 6) is 0.168. The van der Waals surface area contributed by atoms with Crippen LogP contribution in [0.15, 0.2) is 36.5 Å². The Hall–Kier alpha value is -2.93. The number of benzene rings is 1. The minimum Gasteiger partial charge on any atom is -0.463 e. The monoisotopic (exact) mass is 390 g/mol. The van der Waals surface area contributed by atoms with E-state index in [2.05, 4.69) is 4.98 Å². The molecule has 0 spiro atoms. The molecule has 7 nitrogen and oxygen atoms in total. The molecule has 0 unspecified atom stereocenters. The van der Waals surface area contributed by atoms with Gasteiger partial charge >= 0.3 is 5.97 Å². The molecule has 0 saturated carbocycles. The van der Waals surface area contributed by atoms with E-state index in [0.717, 1.165) is 24.6 Å². The molecule has 2 aromatic rings. The Morgan fingerprint density at radius 2 is 2.15 bits per heavy atom. The summed E-state index contributed by atoms with van der Waals surface area (Å²) in [6.45, 7) is 4.21. The SMILES string of the molecule is CCCCOC(=O)C=Cc1cc(C)c(Oc2ccc([N+](=O)[O-])cn2)c(Cl)c1. The largest absolute Gasteiger partial charge is 0.463 e. The van der Waals surface area contributed by atoms with Gasteiger partial charge in [-0.3, -0.25) is 10.1 Å². The topological polar surface area (TPSA) is 91.6 Å². The van der Waals surface area contributed by atoms with E-state index >= 15 is 0 Å². The van der Waals surface area contributed by atoms with Gasteiger partial charge in [-0.1, -0.05) is 24.9 Å². The second-order valence-corrected chi connectivity index (χ2v) is 6.12. The van der Waals surface area contributed by atoms with Crippen molar-refractivity contribution in [2.24, 2.45) is 0 Å². The number of esters is 1. The average Bonchev–Trinajstić information content (AvgIpc) is 2.63. The summed E-state index contributed by atoms with van der Waals surface area (Å²) in [6, 6.07) is 6.13. The molecule has 0 radical (unpaired) electrons. The number of hydrogen-bond donors (Lipinski definition) is 0. The van der Waals surface area contributed by atoms with Crippen LogP contribution < -0.4 is 4.74 Å². The number of carbonyl (C=O) groups excluding carboxylic acids is 1. The highest BCUT2D eigenvalue weighted by molar-refractivity contribution is 6.32. The van der Waals surface area contributed by atoms with Gasteiger partial charge in [0.25, 0.3) is 5.69 Å². The maximum Gasteiger partial charge on any atom is 0.330 e. The number of aromatic nitrogens is 1. The van der Waals surface area contributed by atoms with Crippen LogP contribution in [0.4, 0.5) is 5.69 Å². The fourth-order valence-corrected chi connectivity index (χ4v) is 2.47. The number of rotatable bonds is 8. The van der Waals surface area contributed by atoms with Crippen molar-refractivity contribution in [3.05, 3.63) is 62.8 Å². The highest BCUT2D eigenvalue weighted by Crippen LogP contribution is 2.33. The Bertz CT molecular complexity index is 827. The van der Waals surface area contributed by atoms with Gasteiger partial charge < -0.3 is 9.47 Å². The normalized spacial score (nSPS) is 10.8. The molecule has 0 bridgehead atoms. The first kappa shape index (κ1) is 20.4. The van der Waals surface area contributed by atoms with Crippen LogP contribution in [0.5, 0.6) is 11.6 Å². The van der Waals surface area contributed by atoms with Gasteiger partial charge in [0.2, 0.25) is 5.88 Å². The van der Waals surface area contributed by atoms with Crippen LogP contribution in [0.3, 0.4) is 0 Å². The van der Waals surface area contributed by atoms with Crippen LogP contribution in [-0.2, 0) is 9.53 Å². The summed E-state index contributed by atoms with van der Waals surface area (Å²) < 4.78 is 10.7. The van der Waals surface area contributed by atoms with Crippen LogP contribution in [-0.4, -0.2) is 22.5 Å². The first-order valence-electron chi connectivity index (χ1n) is 8.34. The maximum absolute atomic E-state index is 11.6. The van der Waals surface area contributed by atoms with Crippen LogP contribution >= 0.6 is 11.6 Å². The third-order valence-corrected chi connectivity index (χ3v) is 3.82. The molecule has 0 amide bonds. The number of hydrogen-bond acceptors (Lipinski definition) is 6. The lowest BCUT2D eigenvalue weighted by Gasteiger charge is -2.10. The molecule has 27 heavy (non-hydrogen) atoms. The summed E-state index contributed by atoms with van der Waals surface area (Å²) in [5.41, 5.74) is 1.31. The van der Waals surface area contributed by atoms with Crippen molar-refractivity contribution in [2.45, 2.75) is 26.7 Å². The van der Waals surface area contributed by atoms with E-state index in [0.29, 0.717) is 22.9 Å². The van der Waals surface area contributed by atoms with Crippen molar-refractivity contribution in [2.75, 3.05) is 6.61 Å². The first-order chi connectivity index (χ1) is 12.9. The van der Waals surface area contributed by atoms with Crippen LogP contribution in [0.25, 0.3) is 6.08 Å². The van der Waals surface area contributed by atoms with Crippen molar-refractivity contribution >= 4 is 29.3 Å². The third-order valence-electron chi connectivity index (χ3n) is 3.54. The van der Waals surface area contributed by atoms with E-state index in [-0.39, 0.29) is 11.6 Å². The number of unbranched alkanes of at least 4 members (excludes halogenated alkanes) is 1. The van der Waals surface area contributed by atoms with E-state index in [1.807, 2.05) is 6.92 Å². The molecule has 1 aromatic carbocycles. The average molecular weight is 391 g/mol. The van der Waals surface area contributed by atoms with E-state index in [9.17, 15) is 14.9 Å². The van der Waals surface area contributed by atoms with Gasteiger partial charge in [0.15, 0.2) is 5.75 Å². The highest BCUT2D eigenvalue weighted by Gasteiger charge is 2.11. The lowest BCUT2D eigenvalue weighted by Crippen LogP contribution is -2.01. The summed E-state index contributed by atoms with van der Waals surface area (Å²) in [6.07, 6.45) is 5.85.